The number of anilines is 1. The quantitative estimate of drug-likeness (QED) is 0.580. The van der Waals surface area contributed by atoms with Gasteiger partial charge in [-0.05, 0) is 35.7 Å². The molecule has 8 heteroatoms. The molecule has 31 heavy (non-hydrogen) atoms. The van der Waals surface area contributed by atoms with Crippen LogP contribution >= 0.6 is 0 Å². The van der Waals surface area contributed by atoms with E-state index < -0.39 is 11.9 Å². The second-order valence-electron chi connectivity index (χ2n) is 7.72. The minimum atomic E-state index is -4.47. The van der Waals surface area contributed by atoms with E-state index in [1.54, 1.807) is 11.0 Å². The molecule has 2 heterocycles. The molecule has 1 aliphatic rings. The number of nitrogens with zero attached hydrogens (tertiary/aromatic N) is 3. The monoisotopic (exact) mass is 431 g/mol. The van der Waals surface area contributed by atoms with E-state index >= 15 is 0 Å². The first-order valence-electron chi connectivity index (χ1n) is 10.2. The number of aromatic nitrogens is 1. The molecule has 1 fully saturated rings. The van der Waals surface area contributed by atoms with Crippen molar-refractivity contribution in [3.63, 3.8) is 0 Å². The molecule has 3 rings (SSSR count). The number of rotatable bonds is 8. The van der Waals surface area contributed by atoms with Gasteiger partial charge >= 0.3 is 6.18 Å². The Morgan fingerprint density at radius 2 is 2.03 bits per heavy atom. The fraction of sp³-hybridized carbons (Fsp3) is 0.435. The van der Waals surface area contributed by atoms with Gasteiger partial charge in [-0.2, -0.15) is 18.4 Å². The molecule has 1 aromatic heterocycles. The fourth-order valence-corrected chi connectivity index (χ4v) is 3.61. The average molecular weight is 431 g/mol. The first-order valence-corrected chi connectivity index (χ1v) is 10.2. The summed E-state index contributed by atoms with van der Waals surface area (Å²) < 4.78 is 44.7. The Hall–Kier alpha value is -3.08. The van der Waals surface area contributed by atoms with E-state index in [4.69, 9.17) is 10.00 Å². The van der Waals surface area contributed by atoms with Crippen molar-refractivity contribution in [1.29, 1.82) is 5.26 Å². The van der Waals surface area contributed by atoms with Crippen LogP contribution in [0.25, 0.3) is 0 Å². The summed E-state index contributed by atoms with van der Waals surface area (Å²) in [7, 11) is 0. The Bertz CT molecular complexity index is 938. The van der Waals surface area contributed by atoms with Gasteiger partial charge in [0.1, 0.15) is 29.1 Å². The van der Waals surface area contributed by atoms with Crippen molar-refractivity contribution >= 4 is 11.6 Å². The predicted octanol–water partition coefficient (Wildman–Crippen LogP) is 5.12. The Morgan fingerprint density at radius 3 is 2.71 bits per heavy atom. The van der Waals surface area contributed by atoms with Crippen LogP contribution in [0, 0.1) is 11.3 Å². The van der Waals surface area contributed by atoms with Crippen LogP contribution < -0.4 is 9.64 Å². The van der Waals surface area contributed by atoms with Gasteiger partial charge in [0.05, 0.1) is 12.6 Å². The minimum Gasteiger partial charge on any atom is -0.489 e. The van der Waals surface area contributed by atoms with Crippen molar-refractivity contribution in [3.8, 4) is 11.8 Å². The summed E-state index contributed by atoms with van der Waals surface area (Å²) in [6, 6.07) is 13.4. The van der Waals surface area contributed by atoms with Crippen LogP contribution in [-0.2, 0) is 11.0 Å². The molecule has 0 N–H and O–H groups in total. The number of carbonyl (C=O) groups excluding carboxylic acids is 1. The second kappa shape index (κ2) is 9.82. The number of ether oxygens (including phenoxy) is 1. The molecule has 164 valence electrons. The lowest BCUT2D eigenvalue weighted by molar-refractivity contribution is -0.141. The first kappa shape index (κ1) is 22.6. The van der Waals surface area contributed by atoms with Crippen molar-refractivity contribution in [2.45, 2.75) is 50.8 Å². The number of hydrogen-bond acceptors (Lipinski definition) is 5. The number of ketones is 1. The van der Waals surface area contributed by atoms with Crippen molar-refractivity contribution in [3.05, 3.63) is 53.7 Å². The maximum atomic E-state index is 12.9. The van der Waals surface area contributed by atoms with E-state index in [0.29, 0.717) is 37.5 Å². The number of pyridine rings is 1. The predicted molar refractivity (Wildman–Crippen MR) is 110 cm³/mol. The number of carbonyl (C=O) groups is 1. The molecule has 5 nitrogen and oxygen atoms in total. The summed E-state index contributed by atoms with van der Waals surface area (Å²) in [5, 5.41) is 8.57. The highest BCUT2D eigenvalue weighted by atomic mass is 19.4. The molecule has 0 spiro atoms. The highest BCUT2D eigenvalue weighted by Crippen LogP contribution is 2.30. The zero-order chi connectivity index (χ0) is 22.4. The summed E-state index contributed by atoms with van der Waals surface area (Å²) in [5.74, 6) is 1.10. The highest BCUT2D eigenvalue weighted by molar-refractivity contribution is 5.79. The van der Waals surface area contributed by atoms with E-state index in [9.17, 15) is 18.0 Å². The summed E-state index contributed by atoms with van der Waals surface area (Å²) >= 11 is 0. The zero-order valence-corrected chi connectivity index (χ0v) is 17.2. The molecule has 0 radical (unpaired) electrons. The number of benzene rings is 1. The molecule has 2 aromatic rings. The largest absolute Gasteiger partial charge is 0.489 e. The molecule has 0 amide bonds. The highest BCUT2D eigenvalue weighted by Gasteiger charge is 2.33. The van der Waals surface area contributed by atoms with Crippen molar-refractivity contribution in [2.75, 3.05) is 18.0 Å². The number of Topliss-reactive ketones (excluding diaryl/α,β-unsaturated/α-hetero) is 1. The van der Waals surface area contributed by atoms with Crippen LogP contribution in [-0.4, -0.2) is 30.0 Å². The summed E-state index contributed by atoms with van der Waals surface area (Å²) in [4.78, 5) is 17.4. The van der Waals surface area contributed by atoms with Gasteiger partial charge in [0.2, 0.25) is 0 Å². The number of halogens is 3. The molecule has 1 unspecified atom stereocenters. The van der Waals surface area contributed by atoms with E-state index in [0.717, 1.165) is 11.6 Å². The van der Waals surface area contributed by atoms with Gasteiger partial charge in [0.25, 0.3) is 0 Å². The van der Waals surface area contributed by atoms with Crippen molar-refractivity contribution < 1.29 is 22.7 Å². The van der Waals surface area contributed by atoms with Crippen LogP contribution in [0.15, 0.2) is 42.5 Å². The lowest BCUT2D eigenvalue weighted by atomic mass is 9.94. The van der Waals surface area contributed by atoms with Crippen LogP contribution in [0.1, 0.15) is 49.8 Å². The van der Waals surface area contributed by atoms with Crippen LogP contribution in [0.4, 0.5) is 19.0 Å². The normalized spacial score (nSPS) is 17.3. The van der Waals surface area contributed by atoms with Crippen LogP contribution in [0.3, 0.4) is 0 Å². The zero-order valence-electron chi connectivity index (χ0n) is 17.2. The van der Waals surface area contributed by atoms with Crippen LogP contribution in [0.5, 0.6) is 5.75 Å². The minimum absolute atomic E-state index is 0.0502. The van der Waals surface area contributed by atoms with E-state index in [-0.39, 0.29) is 30.6 Å². The van der Waals surface area contributed by atoms with Crippen molar-refractivity contribution in [2.24, 2.45) is 0 Å². The Morgan fingerprint density at radius 1 is 1.29 bits per heavy atom. The molecule has 1 aliphatic heterocycles. The molecule has 0 bridgehead atoms. The summed E-state index contributed by atoms with van der Waals surface area (Å²) in [5.41, 5.74) is 0.115. The lowest BCUT2D eigenvalue weighted by Gasteiger charge is -2.19. The van der Waals surface area contributed by atoms with E-state index in [1.165, 1.54) is 6.07 Å². The average Bonchev–Trinajstić information content (AvgIpc) is 3.20. The van der Waals surface area contributed by atoms with Gasteiger partial charge in [-0.25, -0.2) is 4.98 Å². The molecular weight excluding hydrogens is 407 g/mol. The summed E-state index contributed by atoms with van der Waals surface area (Å²) in [6.07, 6.45) is -3.02. The third kappa shape index (κ3) is 6.20. The maximum Gasteiger partial charge on any atom is 0.433 e. The third-order valence-electron chi connectivity index (χ3n) is 5.30. The molecule has 0 saturated carbocycles. The Labute approximate surface area is 179 Å². The Kier molecular flexibility index (Phi) is 7.16. The molecular formula is C23H24F3N3O2. The lowest BCUT2D eigenvalue weighted by Crippen LogP contribution is -2.25. The summed E-state index contributed by atoms with van der Waals surface area (Å²) in [6.45, 7) is 3.00. The topological polar surface area (TPSA) is 66.2 Å². The number of nitriles is 1. The van der Waals surface area contributed by atoms with Gasteiger partial charge in [0, 0.05) is 32.2 Å². The second-order valence-corrected chi connectivity index (χ2v) is 7.72. The molecule has 2 atom stereocenters. The van der Waals surface area contributed by atoms with Gasteiger partial charge in [-0.15, -0.1) is 0 Å². The van der Waals surface area contributed by atoms with Crippen molar-refractivity contribution in [1.82, 2.24) is 4.98 Å². The van der Waals surface area contributed by atoms with E-state index in [1.807, 2.05) is 37.3 Å². The third-order valence-corrected chi connectivity index (χ3v) is 5.30. The van der Waals surface area contributed by atoms with Gasteiger partial charge in [-0.3, -0.25) is 4.79 Å². The van der Waals surface area contributed by atoms with Gasteiger partial charge < -0.3 is 9.64 Å². The number of hydrogen-bond donors (Lipinski definition) is 0. The standard InChI is InChI=1S/C23H24F3N3O2/c1-16(14-18(30)4-3-12-27)17-7-9-19(10-8-17)31-20-11-13-29(15-20)22-6-2-5-21(28-22)23(24,25)26/h2,5-10,16,20H,3-4,11,13-15H2,1H3/t16-,20?/m1/s1. The van der Waals surface area contributed by atoms with E-state index in [2.05, 4.69) is 4.98 Å². The van der Waals surface area contributed by atoms with Gasteiger partial charge in [0.15, 0.2) is 0 Å². The smallest absolute Gasteiger partial charge is 0.433 e. The maximum absolute atomic E-state index is 12.9. The number of alkyl halides is 3. The molecule has 1 aromatic carbocycles. The van der Waals surface area contributed by atoms with Gasteiger partial charge in [-0.1, -0.05) is 25.1 Å². The SMILES string of the molecule is C[C@H](CC(=O)CCC#N)c1ccc(OC2CCN(c3cccc(C(F)(F)F)n3)C2)cc1. The molecule has 1 saturated heterocycles. The Balaban J connectivity index is 1.55. The first-order chi connectivity index (χ1) is 14.8. The molecule has 0 aliphatic carbocycles. The fourth-order valence-electron chi connectivity index (χ4n) is 3.61. The van der Waals surface area contributed by atoms with Crippen LogP contribution in [0.2, 0.25) is 0 Å².